The number of hydrogen-bond donors (Lipinski definition) is 1. The van der Waals surface area contributed by atoms with Crippen molar-refractivity contribution in [1.29, 1.82) is 0 Å². The van der Waals surface area contributed by atoms with Crippen LogP contribution in [0.25, 0.3) is 11.4 Å². The van der Waals surface area contributed by atoms with Gasteiger partial charge in [-0.1, -0.05) is 54.6 Å². The van der Waals surface area contributed by atoms with Crippen LogP contribution in [0, 0.1) is 0 Å². The number of likely N-dealkylation sites (N-methyl/N-ethyl adjacent to an activating group) is 1. The number of amides is 2. The maximum absolute atomic E-state index is 12.5. The first-order valence-corrected chi connectivity index (χ1v) is 11.2. The van der Waals surface area contributed by atoms with E-state index in [2.05, 4.69) is 25.9 Å². The van der Waals surface area contributed by atoms with Gasteiger partial charge in [0.05, 0.1) is 12.8 Å². The van der Waals surface area contributed by atoms with E-state index >= 15 is 0 Å². The van der Waals surface area contributed by atoms with Gasteiger partial charge in [-0.3, -0.25) is 9.59 Å². The number of rotatable bonds is 9. The Labute approximate surface area is 208 Å². The molecular formula is C26H25N7O3. The Morgan fingerprint density at radius 3 is 2.47 bits per heavy atom. The Bertz CT molecular complexity index is 1350. The van der Waals surface area contributed by atoms with Gasteiger partial charge in [0.15, 0.2) is 6.61 Å². The largest absolute Gasteiger partial charge is 0.483 e. The Kier molecular flexibility index (Phi) is 7.76. The molecular weight excluding hydrogens is 458 g/mol. The summed E-state index contributed by atoms with van der Waals surface area (Å²) in [4.78, 5) is 27.2. The first-order chi connectivity index (χ1) is 17.5. The summed E-state index contributed by atoms with van der Waals surface area (Å²) in [6.45, 7) is 0.335. The molecule has 4 rings (SSSR count). The van der Waals surface area contributed by atoms with Gasteiger partial charge in [0, 0.05) is 30.8 Å². The van der Waals surface area contributed by atoms with Gasteiger partial charge >= 0.3 is 0 Å². The van der Waals surface area contributed by atoms with Gasteiger partial charge in [-0.25, -0.2) is 5.43 Å². The predicted octanol–water partition coefficient (Wildman–Crippen LogP) is 2.62. The third-order valence-corrected chi connectivity index (χ3v) is 5.16. The Morgan fingerprint density at radius 1 is 1.00 bits per heavy atom. The number of ether oxygens (including phenoxy) is 1. The predicted molar refractivity (Wildman–Crippen MR) is 134 cm³/mol. The van der Waals surface area contributed by atoms with Gasteiger partial charge in [0.25, 0.3) is 11.8 Å². The first-order valence-electron chi connectivity index (χ1n) is 11.2. The highest BCUT2D eigenvalue weighted by molar-refractivity contribution is 5.95. The summed E-state index contributed by atoms with van der Waals surface area (Å²) in [6, 6.07) is 23.8. The molecule has 1 aromatic heterocycles. The zero-order valence-corrected chi connectivity index (χ0v) is 19.9. The zero-order chi connectivity index (χ0) is 25.3. The number of tetrazole rings is 1. The van der Waals surface area contributed by atoms with Crippen molar-refractivity contribution < 1.29 is 14.3 Å². The molecule has 0 aliphatic carbocycles. The van der Waals surface area contributed by atoms with Gasteiger partial charge in [-0.15, -0.1) is 10.2 Å². The molecule has 1 N–H and O–H groups in total. The summed E-state index contributed by atoms with van der Waals surface area (Å²) in [5.74, 6) is 0.534. The minimum Gasteiger partial charge on any atom is -0.483 e. The fraction of sp³-hybridized carbons (Fsp3) is 0.154. The molecule has 0 radical (unpaired) electrons. The van der Waals surface area contributed by atoms with E-state index in [0.717, 1.165) is 11.1 Å². The lowest BCUT2D eigenvalue weighted by Gasteiger charge is -2.12. The van der Waals surface area contributed by atoms with Crippen LogP contribution in [0.1, 0.15) is 21.5 Å². The van der Waals surface area contributed by atoms with Crippen molar-refractivity contribution in [2.45, 2.75) is 6.54 Å². The van der Waals surface area contributed by atoms with E-state index in [-0.39, 0.29) is 18.4 Å². The lowest BCUT2D eigenvalue weighted by molar-refractivity contribution is -0.130. The van der Waals surface area contributed by atoms with Crippen LogP contribution in [0.3, 0.4) is 0 Å². The van der Waals surface area contributed by atoms with Crippen LogP contribution in [0.5, 0.6) is 5.75 Å². The molecule has 3 aromatic carbocycles. The number of hydrazone groups is 1. The highest BCUT2D eigenvalue weighted by atomic mass is 16.5. The van der Waals surface area contributed by atoms with Crippen molar-refractivity contribution in [3.8, 4) is 17.1 Å². The SMILES string of the molecule is CN(C)C(=O)COc1ccccc1/C=N/NC(=O)c1ccc(Cn2nnc(-c3ccccc3)n2)cc1. The third kappa shape index (κ3) is 6.38. The molecule has 0 unspecified atom stereocenters. The molecule has 1 heterocycles. The third-order valence-electron chi connectivity index (χ3n) is 5.16. The molecule has 36 heavy (non-hydrogen) atoms. The summed E-state index contributed by atoms with van der Waals surface area (Å²) in [6.07, 6.45) is 1.47. The van der Waals surface area contributed by atoms with E-state index in [1.807, 2.05) is 48.5 Å². The Morgan fingerprint density at radius 2 is 1.72 bits per heavy atom. The molecule has 0 spiro atoms. The summed E-state index contributed by atoms with van der Waals surface area (Å²) < 4.78 is 5.58. The van der Waals surface area contributed by atoms with Gasteiger partial charge in [0.2, 0.25) is 5.82 Å². The number of nitrogens with zero attached hydrogens (tertiary/aromatic N) is 6. The summed E-state index contributed by atoms with van der Waals surface area (Å²) in [5.41, 5.74) is 5.41. The molecule has 0 bridgehead atoms. The fourth-order valence-electron chi connectivity index (χ4n) is 3.15. The number of benzene rings is 3. The van der Waals surface area contributed by atoms with Crippen LogP contribution in [-0.4, -0.2) is 63.8 Å². The summed E-state index contributed by atoms with van der Waals surface area (Å²) >= 11 is 0. The summed E-state index contributed by atoms with van der Waals surface area (Å²) in [5, 5.41) is 16.6. The second-order valence-corrected chi connectivity index (χ2v) is 8.02. The van der Waals surface area contributed by atoms with Crippen LogP contribution in [0.15, 0.2) is 84.0 Å². The van der Waals surface area contributed by atoms with Gasteiger partial charge in [-0.2, -0.15) is 9.90 Å². The van der Waals surface area contributed by atoms with Crippen LogP contribution < -0.4 is 10.2 Å². The van der Waals surface area contributed by atoms with Crippen LogP contribution in [-0.2, 0) is 11.3 Å². The molecule has 4 aromatic rings. The topological polar surface area (TPSA) is 115 Å². The van der Waals surface area contributed by atoms with Crippen molar-refractivity contribution in [1.82, 2.24) is 30.5 Å². The van der Waals surface area contributed by atoms with Gasteiger partial charge in [0.1, 0.15) is 5.75 Å². The minimum absolute atomic E-state index is 0.0890. The molecule has 0 aliphatic rings. The van der Waals surface area contributed by atoms with Crippen molar-refractivity contribution in [3.05, 3.63) is 95.6 Å². The molecule has 0 fully saturated rings. The van der Waals surface area contributed by atoms with E-state index in [9.17, 15) is 9.59 Å². The lowest BCUT2D eigenvalue weighted by atomic mass is 10.1. The van der Waals surface area contributed by atoms with E-state index in [0.29, 0.717) is 29.2 Å². The quantitative estimate of drug-likeness (QED) is 0.289. The number of nitrogens with one attached hydrogen (secondary N) is 1. The second kappa shape index (κ2) is 11.5. The van der Waals surface area contributed by atoms with E-state index in [1.165, 1.54) is 15.9 Å². The van der Waals surface area contributed by atoms with Crippen molar-refractivity contribution >= 4 is 18.0 Å². The molecule has 10 heteroatoms. The van der Waals surface area contributed by atoms with Gasteiger partial charge in [-0.05, 0) is 35.0 Å². The maximum Gasteiger partial charge on any atom is 0.271 e. The molecule has 0 aliphatic heterocycles. The number of para-hydroxylation sites is 1. The van der Waals surface area contributed by atoms with Crippen LogP contribution in [0.2, 0.25) is 0 Å². The lowest BCUT2D eigenvalue weighted by Crippen LogP contribution is -2.27. The minimum atomic E-state index is -0.357. The molecule has 0 atom stereocenters. The van der Waals surface area contributed by atoms with E-state index < -0.39 is 0 Å². The second-order valence-electron chi connectivity index (χ2n) is 8.02. The highest BCUT2D eigenvalue weighted by Crippen LogP contribution is 2.16. The highest BCUT2D eigenvalue weighted by Gasteiger charge is 2.09. The Hall–Kier alpha value is -4.86. The van der Waals surface area contributed by atoms with Crippen LogP contribution >= 0.6 is 0 Å². The molecule has 182 valence electrons. The molecule has 10 nitrogen and oxygen atoms in total. The maximum atomic E-state index is 12.5. The van der Waals surface area contributed by atoms with Crippen LogP contribution in [0.4, 0.5) is 0 Å². The normalized spacial score (nSPS) is 10.8. The molecule has 0 saturated heterocycles. The number of carbonyl (C=O) groups is 2. The van der Waals surface area contributed by atoms with Crippen molar-refractivity contribution in [2.24, 2.45) is 5.10 Å². The fourth-order valence-corrected chi connectivity index (χ4v) is 3.15. The number of hydrogen-bond acceptors (Lipinski definition) is 7. The van der Waals surface area contributed by atoms with Crippen molar-refractivity contribution in [3.63, 3.8) is 0 Å². The first kappa shape index (κ1) is 24.3. The summed E-state index contributed by atoms with van der Waals surface area (Å²) in [7, 11) is 3.32. The zero-order valence-electron chi connectivity index (χ0n) is 19.9. The standard InChI is InChI=1S/C26H25N7O3/c1-32(2)24(34)18-36-23-11-7-6-10-22(23)16-27-29-26(35)21-14-12-19(13-15-21)17-33-30-25(28-31-33)20-8-4-3-5-9-20/h3-16H,17-18H2,1-2H3,(H,29,35)/b27-16+. The molecule has 0 saturated carbocycles. The monoisotopic (exact) mass is 483 g/mol. The van der Waals surface area contributed by atoms with Crippen molar-refractivity contribution in [2.75, 3.05) is 20.7 Å². The van der Waals surface area contributed by atoms with E-state index in [4.69, 9.17) is 4.74 Å². The molecule has 2 amide bonds. The van der Waals surface area contributed by atoms with E-state index in [1.54, 1.807) is 44.4 Å². The smallest absolute Gasteiger partial charge is 0.271 e. The average Bonchev–Trinajstić information content (AvgIpc) is 3.37. The Balaban J connectivity index is 1.33. The number of aromatic nitrogens is 4. The number of carbonyl (C=O) groups excluding carboxylic acids is 2. The average molecular weight is 484 g/mol. The van der Waals surface area contributed by atoms with Gasteiger partial charge < -0.3 is 9.64 Å².